The van der Waals surface area contributed by atoms with Crippen LogP contribution < -0.4 is 16.4 Å². The molecule has 0 spiro atoms. The number of halogens is 4. The van der Waals surface area contributed by atoms with Gasteiger partial charge in [0.1, 0.15) is 18.0 Å². The molecule has 4 N–H and O–H groups in total. The van der Waals surface area contributed by atoms with Crippen molar-refractivity contribution in [2.45, 2.75) is 43.7 Å². The lowest BCUT2D eigenvalue weighted by Gasteiger charge is -2.40. The van der Waals surface area contributed by atoms with Gasteiger partial charge in [-0.1, -0.05) is 6.08 Å². The number of alkyl halides is 4. The van der Waals surface area contributed by atoms with Gasteiger partial charge in [0.15, 0.2) is 0 Å². The molecule has 0 radical (unpaired) electrons. The normalized spacial score (nSPS) is 27.5. The van der Waals surface area contributed by atoms with Gasteiger partial charge in [0.25, 0.3) is 0 Å². The van der Waals surface area contributed by atoms with Crippen molar-refractivity contribution in [3.63, 3.8) is 0 Å². The summed E-state index contributed by atoms with van der Waals surface area (Å²) in [7, 11) is 0. The van der Waals surface area contributed by atoms with Crippen LogP contribution in [0.4, 0.5) is 17.6 Å². The molecule has 1 aromatic heterocycles. The maximum Gasteiger partial charge on any atom is 0.408 e. The van der Waals surface area contributed by atoms with E-state index in [0.29, 0.717) is 30.8 Å². The second-order valence-corrected chi connectivity index (χ2v) is 7.80. The number of piperidine rings is 1. The first-order chi connectivity index (χ1) is 13.7. The largest absolute Gasteiger partial charge is 0.408 e. The summed E-state index contributed by atoms with van der Waals surface area (Å²) in [6.07, 6.45) is 5.94. The Balaban J connectivity index is 1.57. The van der Waals surface area contributed by atoms with E-state index in [9.17, 15) is 13.2 Å². The summed E-state index contributed by atoms with van der Waals surface area (Å²) >= 11 is 0. The lowest BCUT2D eigenvalue weighted by atomic mass is 9.92. The maximum atomic E-state index is 15.2. The third-order valence-electron chi connectivity index (χ3n) is 5.41. The molecule has 158 valence electrons. The molecule has 0 amide bonds. The third-order valence-corrected chi connectivity index (χ3v) is 5.41. The van der Waals surface area contributed by atoms with E-state index in [1.807, 2.05) is 23.3 Å². The molecular formula is C19H24F4N6. The first-order valence-electron chi connectivity index (χ1n) is 9.62. The van der Waals surface area contributed by atoms with Crippen molar-refractivity contribution in [1.82, 2.24) is 25.3 Å². The Morgan fingerprint density at radius 1 is 1.34 bits per heavy atom. The SMILES string of the molecule is NC1=C2CC=CN(CC3(F)CCCNC3)C2=CC(c2cnn(CC(F)(F)F)c2)N1. The fourth-order valence-corrected chi connectivity index (χ4v) is 4.05. The molecule has 0 aliphatic carbocycles. The van der Waals surface area contributed by atoms with Gasteiger partial charge in [-0.2, -0.15) is 18.3 Å². The van der Waals surface area contributed by atoms with Crippen LogP contribution in [0, 0.1) is 0 Å². The number of nitrogens with two attached hydrogens (primary N) is 1. The van der Waals surface area contributed by atoms with E-state index in [2.05, 4.69) is 15.7 Å². The molecule has 3 aliphatic heterocycles. The van der Waals surface area contributed by atoms with Crippen molar-refractivity contribution in [3.05, 3.63) is 53.4 Å². The van der Waals surface area contributed by atoms with Gasteiger partial charge in [0, 0.05) is 35.8 Å². The smallest absolute Gasteiger partial charge is 0.385 e. The molecule has 2 atom stereocenters. The number of nitrogens with one attached hydrogen (secondary N) is 2. The molecule has 10 heteroatoms. The highest BCUT2D eigenvalue weighted by Crippen LogP contribution is 2.35. The van der Waals surface area contributed by atoms with Crippen molar-refractivity contribution >= 4 is 0 Å². The standard InChI is InChI=1S/C19H24F4N6/c20-18(4-2-5-25-10-18)11-28-6-1-3-14-16(28)7-15(27-17(14)24)13-8-26-29(9-13)12-19(21,22)23/h1,6-9,15,25,27H,2-5,10-12,24H2. The van der Waals surface area contributed by atoms with Crippen molar-refractivity contribution in [2.24, 2.45) is 5.73 Å². The Bertz CT molecular complexity index is 847. The van der Waals surface area contributed by atoms with Gasteiger partial charge in [0.2, 0.25) is 0 Å². The Morgan fingerprint density at radius 2 is 2.17 bits per heavy atom. The van der Waals surface area contributed by atoms with Crippen LogP contribution in [0.25, 0.3) is 0 Å². The summed E-state index contributed by atoms with van der Waals surface area (Å²) in [5, 5.41) is 10.0. The van der Waals surface area contributed by atoms with Gasteiger partial charge in [0.05, 0.1) is 18.8 Å². The quantitative estimate of drug-likeness (QED) is 0.663. The molecule has 0 saturated carbocycles. The Kier molecular flexibility index (Phi) is 5.05. The summed E-state index contributed by atoms with van der Waals surface area (Å²) in [6, 6.07) is -0.440. The molecule has 3 aliphatic rings. The molecule has 2 unspecified atom stereocenters. The highest BCUT2D eigenvalue weighted by molar-refractivity contribution is 5.44. The molecule has 1 saturated heterocycles. The molecule has 4 heterocycles. The van der Waals surface area contributed by atoms with Crippen LogP contribution in [0.3, 0.4) is 0 Å². The molecule has 0 aromatic carbocycles. The van der Waals surface area contributed by atoms with E-state index >= 15 is 4.39 Å². The summed E-state index contributed by atoms with van der Waals surface area (Å²) < 4.78 is 53.9. The minimum atomic E-state index is -4.34. The number of hydrogen-bond acceptors (Lipinski definition) is 5. The van der Waals surface area contributed by atoms with Crippen LogP contribution in [0.1, 0.15) is 30.9 Å². The van der Waals surface area contributed by atoms with Crippen LogP contribution in [0.2, 0.25) is 0 Å². The minimum absolute atomic E-state index is 0.194. The van der Waals surface area contributed by atoms with E-state index in [4.69, 9.17) is 5.73 Å². The van der Waals surface area contributed by atoms with Crippen molar-refractivity contribution in [2.75, 3.05) is 19.6 Å². The van der Waals surface area contributed by atoms with Crippen LogP contribution >= 0.6 is 0 Å². The zero-order valence-electron chi connectivity index (χ0n) is 15.8. The van der Waals surface area contributed by atoms with Gasteiger partial charge in [-0.25, -0.2) is 4.39 Å². The predicted octanol–water partition coefficient (Wildman–Crippen LogP) is 2.46. The second kappa shape index (κ2) is 7.40. The van der Waals surface area contributed by atoms with E-state index in [0.717, 1.165) is 28.9 Å². The van der Waals surface area contributed by atoms with Gasteiger partial charge in [-0.05, 0) is 31.9 Å². The van der Waals surface area contributed by atoms with Crippen molar-refractivity contribution in [3.8, 4) is 0 Å². The number of aromatic nitrogens is 2. The average molecular weight is 412 g/mol. The molecule has 6 nitrogen and oxygen atoms in total. The minimum Gasteiger partial charge on any atom is -0.385 e. The van der Waals surface area contributed by atoms with Crippen LogP contribution in [-0.2, 0) is 6.54 Å². The fourth-order valence-electron chi connectivity index (χ4n) is 4.05. The first-order valence-corrected chi connectivity index (χ1v) is 9.62. The van der Waals surface area contributed by atoms with Crippen molar-refractivity contribution < 1.29 is 17.6 Å². The first kappa shape index (κ1) is 19.8. The monoisotopic (exact) mass is 412 g/mol. The lowest BCUT2D eigenvalue weighted by Crippen LogP contribution is -2.49. The zero-order chi connectivity index (χ0) is 20.6. The second-order valence-electron chi connectivity index (χ2n) is 7.80. The molecule has 1 aromatic rings. The van der Waals surface area contributed by atoms with Crippen LogP contribution in [-0.4, -0.2) is 46.2 Å². The number of hydrogen-bond donors (Lipinski definition) is 3. The molecule has 1 fully saturated rings. The number of dihydropyridines is 1. The molecular weight excluding hydrogens is 388 g/mol. The Labute approximate surface area is 166 Å². The number of nitrogens with zero attached hydrogens (tertiary/aromatic N) is 3. The average Bonchev–Trinajstić information content (AvgIpc) is 3.09. The van der Waals surface area contributed by atoms with Crippen LogP contribution in [0.15, 0.2) is 47.8 Å². The maximum absolute atomic E-state index is 15.2. The zero-order valence-corrected chi connectivity index (χ0v) is 15.8. The highest BCUT2D eigenvalue weighted by Gasteiger charge is 2.36. The summed E-state index contributed by atoms with van der Waals surface area (Å²) in [5.74, 6) is 0.445. The molecule has 29 heavy (non-hydrogen) atoms. The number of fused-ring (bicyclic) bond motifs is 1. The Hall–Kier alpha value is -2.49. The summed E-state index contributed by atoms with van der Waals surface area (Å²) in [5.41, 5.74) is 7.07. The fraction of sp³-hybridized carbons (Fsp3) is 0.526. The van der Waals surface area contributed by atoms with E-state index in [1.165, 1.54) is 12.4 Å². The number of allylic oxidation sites excluding steroid dienone is 2. The van der Waals surface area contributed by atoms with E-state index in [1.54, 1.807) is 0 Å². The predicted molar refractivity (Wildman–Crippen MR) is 99.9 cm³/mol. The Morgan fingerprint density at radius 3 is 2.90 bits per heavy atom. The summed E-state index contributed by atoms with van der Waals surface area (Å²) in [4.78, 5) is 1.85. The summed E-state index contributed by atoms with van der Waals surface area (Å²) in [6.45, 7) is 0.152. The molecule has 4 rings (SSSR count). The lowest BCUT2D eigenvalue weighted by molar-refractivity contribution is -0.142. The molecule has 0 bridgehead atoms. The van der Waals surface area contributed by atoms with Gasteiger partial charge >= 0.3 is 6.18 Å². The third kappa shape index (κ3) is 4.42. The van der Waals surface area contributed by atoms with E-state index in [-0.39, 0.29) is 6.54 Å². The van der Waals surface area contributed by atoms with Gasteiger partial charge < -0.3 is 21.3 Å². The highest BCUT2D eigenvalue weighted by atomic mass is 19.4. The van der Waals surface area contributed by atoms with E-state index < -0.39 is 24.4 Å². The van der Waals surface area contributed by atoms with Gasteiger partial charge in [-0.15, -0.1) is 0 Å². The number of rotatable bonds is 4. The van der Waals surface area contributed by atoms with Crippen molar-refractivity contribution in [1.29, 1.82) is 0 Å². The van der Waals surface area contributed by atoms with Gasteiger partial charge in [-0.3, -0.25) is 4.68 Å². The van der Waals surface area contributed by atoms with Crippen LogP contribution in [0.5, 0.6) is 0 Å². The topological polar surface area (TPSA) is 71.1 Å².